The molecule has 25 heavy (non-hydrogen) atoms. The standard InChI is InChI=1S/C17H21N5O3/c1-25-13-9-5-4-8-12(13)15-20-17(22-21-15)19-14(23)10-18-16(24)11-6-2-3-7-11/h4-5,8-9,11H,2-3,6-7,10H2,1H3,(H,18,24)(H2,19,20,21,22,23). The number of H-pyrrole nitrogens is 1. The Morgan fingerprint density at radius 3 is 2.80 bits per heavy atom. The molecule has 1 aliphatic rings. The largest absolute Gasteiger partial charge is 0.496 e. The number of nitrogens with one attached hydrogen (secondary N) is 3. The number of ether oxygens (including phenoxy) is 1. The van der Waals surface area contributed by atoms with Crippen molar-refractivity contribution in [3.05, 3.63) is 24.3 Å². The molecular formula is C17H21N5O3. The highest BCUT2D eigenvalue weighted by atomic mass is 16.5. The Morgan fingerprint density at radius 1 is 1.28 bits per heavy atom. The van der Waals surface area contributed by atoms with E-state index in [0.717, 1.165) is 31.2 Å². The van der Waals surface area contributed by atoms with Crippen LogP contribution in [0.2, 0.25) is 0 Å². The topological polar surface area (TPSA) is 109 Å². The molecule has 0 saturated heterocycles. The lowest BCUT2D eigenvalue weighted by atomic mass is 10.1. The number of carbonyl (C=O) groups is 2. The molecule has 2 amide bonds. The van der Waals surface area contributed by atoms with Crippen LogP contribution in [0.1, 0.15) is 25.7 Å². The maximum Gasteiger partial charge on any atom is 0.249 e. The monoisotopic (exact) mass is 343 g/mol. The zero-order valence-corrected chi connectivity index (χ0v) is 14.0. The van der Waals surface area contributed by atoms with Crippen molar-refractivity contribution in [1.82, 2.24) is 20.5 Å². The van der Waals surface area contributed by atoms with Gasteiger partial charge in [-0.15, -0.1) is 5.10 Å². The molecule has 2 aromatic rings. The average molecular weight is 343 g/mol. The van der Waals surface area contributed by atoms with Gasteiger partial charge in [-0.05, 0) is 25.0 Å². The summed E-state index contributed by atoms with van der Waals surface area (Å²) in [6.45, 7) is -0.0894. The summed E-state index contributed by atoms with van der Waals surface area (Å²) in [6.07, 6.45) is 3.95. The summed E-state index contributed by atoms with van der Waals surface area (Å²) >= 11 is 0. The van der Waals surface area contributed by atoms with Crippen molar-refractivity contribution in [2.75, 3.05) is 19.0 Å². The normalized spacial score (nSPS) is 14.3. The number of hydrogen-bond donors (Lipinski definition) is 3. The maximum absolute atomic E-state index is 12.0. The molecule has 1 heterocycles. The van der Waals surface area contributed by atoms with Gasteiger partial charge in [0.05, 0.1) is 19.2 Å². The average Bonchev–Trinajstić information content (AvgIpc) is 3.31. The minimum absolute atomic E-state index is 0.0356. The third-order valence-electron chi connectivity index (χ3n) is 4.25. The molecule has 1 aliphatic carbocycles. The van der Waals surface area contributed by atoms with Crippen LogP contribution < -0.4 is 15.4 Å². The number of amides is 2. The quantitative estimate of drug-likeness (QED) is 0.740. The highest BCUT2D eigenvalue weighted by molar-refractivity contribution is 5.93. The third-order valence-corrected chi connectivity index (χ3v) is 4.25. The van der Waals surface area contributed by atoms with Crippen molar-refractivity contribution < 1.29 is 14.3 Å². The van der Waals surface area contributed by atoms with Crippen LogP contribution in [0.3, 0.4) is 0 Å². The molecule has 8 heteroatoms. The van der Waals surface area contributed by atoms with E-state index in [1.807, 2.05) is 24.3 Å². The summed E-state index contributed by atoms with van der Waals surface area (Å²) in [5, 5.41) is 12.0. The molecule has 3 N–H and O–H groups in total. The van der Waals surface area contributed by atoms with Crippen LogP contribution in [0.4, 0.5) is 5.95 Å². The first kappa shape index (κ1) is 16.9. The fraction of sp³-hybridized carbons (Fsp3) is 0.412. The van der Waals surface area contributed by atoms with Gasteiger partial charge in [-0.2, -0.15) is 4.98 Å². The molecule has 1 saturated carbocycles. The van der Waals surface area contributed by atoms with E-state index in [0.29, 0.717) is 11.6 Å². The summed E-state index contributed by atoms with van der Waals surface area (Å²) in [4.78, 5) is 28.1. The summed E-state index contributed by atoms with van der Waals surface area (Å²) < 4.78 is 5.28. The van der Waals surface area contributed by atoms with Crippen molar-refractivity contribution in [3.63, 3.8) is 0 Å². The van der Waals surface area contributed by atoms with Gasteiger partial charge in [-0.3, -0.25) is 20.0 Å². The van der Waals surface area contributed by atoms with E-state index >= 15 is 0 Å². The van der Waals surface area contributed by atoms with Gasteiger partial charge < -0.3 is 10.1 Å². The highest BCUT2D eigenvalue weighted by Gasteiger charge is 2.22. The minimum atomic E-state index is -0.364. The fourth-order valence-electron chi connectivity index (χ4n) is 2.95. The van der Waals surface area contributed by atoms with Crippen molar-refractivity contribution >= 4 is 17.8 Å². The first-order valence-electron chi connectivity index (χ1n) is 8.30. The van der Waals surface area contributed by atoms with Gasteiger partial charge in [-0.1, -0.05) is 25.0 Å². The summed E-state index contributed by atoms with van der Waals surface area (Å²) in [6, 6.07) is 7.37. The Morgan fingerprint density at radius 2 is 2.04 bits per heavy atom. The molecule has 1 aromatic carbocycles. The van der Waals surface area contributed by atoms with Crippen LogP contribution >= 0.6 is 0 Å². The van der Waals surface area contributed by atoms with E-state index in [1.165, 1.54) is 0 Å². The lowest BCUT2D eigenvalue weighted by molar-refractivity contribution is -0.127. The molecule has 8 nitrogen and oxygen atoms in total. The first-order valence-corrected chi connectivity index (χ1v) is 8.30. The Kier molecular flexibility index (Phi) is 5.27. The lowest BCUT2D eigenvalue weighted by Gasteiger charge is -2.09. The van der Waals surface area contributed by atoms with Gasteiger partial charge in [-0.25, -0.2) is 0 Å². The molecule has 132 valence electrons. The molecule has 1 fully saturated rings. The van der Waals surface area contributed by atoms with Crippen LogP contribution in [0.5, 0.6) is 5.75 Å². The van der Waals surface area contributed by atoms with Gasteiger partial charge >= 0.3 is 0 Å². The molecule has 0 spiro atoms. The zero-order valence-electron chi connectivity index (χ0n) is 14.0. The van der Waals surface area contributed by atoms with Crippen molar-refractivity contribution in [3.8, 4) is 17.1 Å². The predicted octanol–water partition coefficient (Wildman–Crippen LogP) is 1.73. The lowest BCUT2D eigenvalue weighted by Crippen LogP contribution is -2.36. The number of aromatic nitrogens is 3. The first-order chi connectivity index (χ1) is 12.2. The highest BCUT2D eigenvalue weighted by Crippen LogP contribution is 2.27. The molecular weight excluding hydrogens is 322 g/mol. The summed E-state index contributed by atoms with van der Waals surface area (Å²) in [5.41, 5.74) is 0.743. The molecule has 0 radical (unpaired) electrons. The molecule has 3 rings (SSSR count). The van der Waals surface area contributed by atoms with Crippen molar-refractivity contribution in [2.45, 2.75) is 25.7 Å². The number of nitrogens with zero attached hydrogens (tertiary/aromatic N) is 2. The van der Waals surface area contributed by atoms with Gasteiger partial charge in [0.2, 0.25) is 17.8 Å². The van der Waals surface area contributed by atoms with Gasteiger partial charge in [0.25, 0.3) is 0 Å². The van der Waals surface area contributed by atoms with Gasteiger partial charge in [0, 0.05) is 5.92 Å². The van der Waals surface area contributed by atoms with Crippen molar-refractivity contribution in [1.29, 1.82) is 0 Å². The number of carbonyl (C=O) groups excluding carboxylic acids is 2. The van der Waals surface area contributed by atoms with E-state index in [1.54, 1.807) is 7.11 Å². The van der Waals surface area contributed by atoms with Crippen LogP contribution in [-0.4, -0.2) is 40.7 Å². The molecule has 0 aliphatic heterocycles. The summed E-state index contributed by atoms with van der Waals surface area (Å²) in [7, 11) is 1.57. The predicted molar refractivity (Wildman–Crippen MR) is 92.0 cm³/mol. The van der Waals surface area contributed by atoms with E-state index in [-0.39, 0.29) is 30.2 Å². The number of rotatable bonds is 6. The Labute approximate surface area is 145 Å². The van der Waals surface area contributed by atoms with E-state index in [4.69, 9.17) is 4.74 Å². The second-order valence-corrected chi connectivity index (χ2v) is 5.96. The molecule has 0 atom stereocenters. The van der Waals surface area contributed by atoms with Crippen molar-refractivity contribution in [2.24, 2.45) is 5.92 Å². The maximum atomic E-state index is 12.0. The van der Waals surface area contributed by atoms with Gasteiger partial charge in [0.1, 0.15) is 5.75 Å². The number of hydrogen-bond acceptors (Lipinski definition) is 5. The number of aromatic amines is 1. The van der Waals surface area contributed by atoms with Crippen LogP contribution in [-0.2, 0) is 9.59 Å². The third kappa shape index (κ3) is 4.14. The van der Waals surface area contributed by atoms with E-state index < -0.39 is 0 Å². The number of para-hydroxylation sites is 1. The van der Waals surface area contributed by atoms with Crippen LogP contribution in [0, 0.1) is 5.92 Å². The Bertz CT molecular complexity index is 752. The van der Waals surface area contributed by atoms with Crippen LogP contribution in [0.15, 0.2) is 24.3 Å². The molecule has 0 bridgehead atoms. The Hall–Kier alpha value is -2.90. The summed E-state index contributed by atoms with van der Waals surface area (Å²) in [5.74, 6) is 0.909. The van der Waals surface area contributed by atoms with Gasteiger partial charge in [0.15, 0.2) is 5.82 Å². The zero-order chi connectivity index (χ0) is 17.6. The SMILES string of the molecule is COc1ccccc1-c1nc(NC(=O)CNC(=O)C2CCCC2)n[nH]1. The molecule has 0 unspecified atom stereocenters. The smallest absolute Gasteiger partial charge is 0.249 e. The second kappa shape index (κ2) is 7.78. The number of anilines is 1. The molecule has 1 aromatic heterocycles. The van der Waals surface area contributed by atoms with Crippen LogP contribution in [0.25, 0.3) is 11.4 Å². The van der Waals surface area contributed by atoms with E-state index in [9.17, 15) is 9.59 Å². The Balaban J connectivity index is 1.55. The number of benzene rings is 1. The second-order valence-electron chi connectivity index (χ2n) is 5.96. The minimum Gasteiger partial charge on any atom is -0.496 e. The number of methoxy groups -OCH3 is 1. The fourth-order valence-corrected chi connectivity index (χ4v) is 2.95. The van der Waals surface area contributed by atoms with E-state index in [2.05, 4.69) is 25.8 Å².